The number of rotatable bonds is 7. The third-order valence-corrected chi connectivity index (χ3v) is 6.82. The number of fused-ring (bicyclic) bond motifs is 1. The SMILES string of the molecule is CC(=O)N[C@@H]1C(=O)N2C(C(=O)OC(c3ccccc3)c3ccccc3)=C(COC(C)=O)CS[C@H]12. The van der Waals surface area contributed by atoms with Gasteiger partial charge >= 0.3 is 11.9 Å². The Morgan fingerprint density at radius 3 is 2.15 bits per heavy atom. The first kappa shape index (κ1) is 23.6. The number of β-lactam (4-membered cyclic amide) rings is 1. The van der Waals surface area contributed by atoms with Crippen LogP contribution in [0.15, 0.2) is 71.9 Å². The Hall–Kier alpha value is -3.59. The summed E-state index contributed by atoms with van der Waals surface area (Å²) < 4.78 is 11.1. The summed E-state index contributed by atoms with van der Waals surface area (Å²) in [6, 6.07) is 17.9. The average Bonchev–Trinajstić information content (AvgIpc) is 2.84. The van der Waals surface area contributed by atoms with Crippen molar-refractivity contribution < 1.29 is 28.7 Å². The number of carbonyl (C=O) groups is 4. The molecule has 2 aliphatic heterocycles. The number of ether oxygens (including phenoxy) is 2. The molecule has 2 aliphatic rings. The topological polar surface area (TPSA) is 102 Å². The maximum absolute atomic E-state index is 13.6. The number of carbonyl (C=O) groups excluding carboxylic acids is 4. The van der Waals surface area contributed by atoms with Crippen LogP contribution in [-0.2, 0) is 28.7 Å². The molecule has 1 N–H and O–H groups in total. The maximum Gasteiger partial charge on any atom is 0.356 e. The maximum atomic E-state index is 13.6. The lowest BCUT2D eigenvalue weighted by Gasteiger charge is -2.49. The molecule has 34 heavy (non-hydrogen) atoms. The second kappa shape index (κ2) is 10.1. The van der Waals surface area contributed by atoms with Crippen LogP contribution in [0.25, 0.3) is 0 Å². The first-order valence-electron chi connectivity index (χ1n) is 10.7. The molecule has 2 amide bonds. The molecule has 2 aromatic carbocycles. The van der Waals surface area contributed by atoms with Crippen LogP contribution in [0.3, 0.4) is 0 Å². The van der Waals surface area contributed by atoms with Crippen LogP contribution in [0.5, 0.6) is 0 Å². The van der Waals surface area contributed by atoms with E-state index in [4.69, 9.17) is 9.47 Å². The largest absolute Gasteiger partial charge is 0.461 e. The average molecular weight is 481 g/mol. The summed E-state index contributed by atoms with van der Waals surface area (Å²) in [6.07, 6.45) is -0.701. The highest BCUT2D eigenvalue weighted by Gasteiger charge is 2.54. The predicted molar refractivity (Wildman–Crippen MR) is 125 cm³/mol. The number of nitrogens with one attached hydrogen (secondary N) is 1. The van der Waals surface area contributed by atoms with Gasteiger partial charge in [0.05, 0.1) is 0 Å². The van der Waals surface area contributed by atoms with Crippen LogP contribution in [0.1, 0.15) is 31.1 Å². The molecule has 4 rings (SSSR count). The van der Waals surface area contributed by atoms with E-state index in [1.165, 1.54) is 30.5 Å². The fraction of sp³-hybridized carbons (Fsp3) is 0.280. The van der Waals surface area contributed by atoms with Crippen molar-refractivity contribution in [1.29, 1.82) is 0 Å². The molecule has 0 spiro atoms. The van der Waals surface area contributed by atoms with Crippen LogP contribution >= 0.6 is 11.8 Å². The Kier molecular flexibility index (Phi) is 7.02. The van der Waals surface area contributed by atoms with Gasteiger partial charge in [0.1, 0.15) is 23.7 Å². The van der Waals surface area contributed by atoms with E-state index in [9.17, 15) is 19.2 Å². The lowest BCUT2D eigenvalue weighted by Crippen LogP contribution is -2.70. The third kappa shape index (κ3) is 4.84. The van der Waals surface area contributed by atoms with Gasteiger partial charge in [-0.05, 0) is 11.1 Å². The zero-order valence-corrected chi connectivity index (χ0v) is 19.5. The van der Waals surface area contributed by atoms with Gasteiger partial charge in [0.25, 0.3) is 5.91 Å². The molecule has 2 heterocycles. The lowest BCUT2D eigenvalue weighted by molar-refractivity contribution is -0.155. The summed E-state index contributed by atoms with van der Waals surface area (Å²) in [5, 5.41) is 2.20. The number of esters is 2. The van der Waals surface area contributed by atoms with Gasteiger partial charge in [0.2, 0.25) is 5.91 Å². The monoisotopic (exact) mass is 480 g/mol. The molecule has 0 bridgehead atoms. The fourth-order valence-corrected chi connectivity index (χ4v) is 5.26. The van der Waals surface area contributed by atoms with Crippen LogP contribution in [-0.4, -0.2) is 52.4 Å². The molecule has 2 atom stereocenters. The molecule has 1 saturated heterocycles. The minimum absolute atomic E-state index is 0.0634. The lowest BCUT2D eigenvalue weighted by atomic mass is 10.0. The van der Waals surface area contributed by atoms with Crippen LogP contribution in [0.4, 0.5) is 0 Å². The predicted octanol–water partition coefficient (Wildman–Crippen LogP) is 2.56. The first-order chi connectivity index (χ1) is 16.4. The van der Waals surface area contributed by atoms with E-state index < -0.39 is 35.4 Å². The zero-order valence-electron chi connectivity index (χ0n) is 18.7. The number of hydrogen-bond acceptors (Lipinski definition) is 7. The van der Waals surface area contributed by atoms with E-state index in [2.05, 4.69) is 5.32 Å². The van der Waals surface area contributed by atoms with Crippen LogP contribution in [0, 0.1) is 0 Å². The van der Waals surface area contributed by atoms with Gasteiger partial charge in [-0.2, -0.15) is 0 Å². The molecule has 2 aromatic rings. The normalized spacial score (nSPS) is 19.3. The Morgan fingerprint density at radius 1 is 1.03 bits per heavy atom. The van der Waals surface area contributed by atoms with Crippen molar-refractivity contribution in [1.82, 2.24) is 10.2 Å². The highest BCUT2D eigenvalue weighted by molar-refractivity contribution is 8.00. The van der Waals surface area contributed by atoms with Crippen molar-refractivity contribution >= 4 is 35.5 Å². The van der Waals surface area contributed by atoms with E-state index in [0.29, 0.717) is 11.3 Å². The Balaban J connectivity index is 1.67. The van der Waals surface area contributed by atoms with Crippen LogP contribution < -0.4 is 5.32 Å². The molecule has 9 heteroatoms. The minimum atomic E-state index is -0.723. The van der Waals surface area contributed by atoms with Crippen molar-refractivity contribution in [3.05, 3.63) is 83.1 Å². The van der Waals surface area contributed by atoms with Crippen molar-refractivity contribution in [3.8, 4) is 0 Å². The first-order valence-corrected chi connectivity index (χ1v) is 11.8. The van der Waals surface area contributed by atoms with E-state index >= 15 is 0 Å². The highest BCUT2D eigenvalue weighted by atomic mass is 32.2. The molecular weight excluding hydrogens is 456 g/mol. The fourth-order valence-electron chi connectivity index (χ4n) is 3.94. The van der Waals surface area contributed by atoms with Gasteiger partial charge in [0, 0.05) is 25.2 Å². The Labute approximate surface area is 201 Å². The van der Waals surface area contributed by atoms with Gasteiger partial charge in [-0.25, -0.2) is 4.79 Å². The van der Waals surface area contributed by atoms with Crippen LogP contribution in [0.2, 0.25) is 0 Å². The van der Waals surface area contributed by atoms with Gasteiger partial charge in [-0.15, -0.1) is 11.8 Å². The molecule has 0 aromatic heterocycles. The van der Waals surface area contributed by atoms with E-state index in [-0.39, 0.29) is 18.2 Å². The Morgan fingerprint density at radius 2 is 1.62 bits per heavy atom. The molecule has 0 aliphatic carbocycles. The smallest absolute Gasteiger partial charge is 0.356 e. The number of nitrogens with zero attached hydrogens (tertiary/aromatic N) is 1. The molecule has 1 fully saturated rings. The van der Waals surface area contributed by atoms with E-state index in [0.717, 1.165) is 11.1 Å². The second-order valence-electron chi connectivity index (χ2n) is 7.93. The van der Waals surface area contributed by atoms with E-state index in [1.54, 1.807) is 0 Å². The number of amides is 2. The van der Waals surface area contributed by atoms with Gasteiger partial charge in [0.15, 0.2) is 6.10 Å². The zero-order chi connectivity index (χ0) is 24.2. The van der Waals surface area contributed by atoms with Gasteiger partial charge in [-0.3, -0.25) is 19.3 Å². The quantitative estimate of drug-likeness (QED) is 0.480. The van der Waals surface area contributed by atoms with Crippen molar-refractivity contribution in [2.45, 2.75) is 31.4 Å². The molecule has 176 valence electrons. The highest BCUT2D eigenvalue weighted by Crippen LogP contribution is 2.41. The molecular formula is C25H24N2O6S. The summed E-state index contributed by atoms with van der Waals surface area (Å²) >= 11 is 1.39. The standard InChI is InChI=1S/C25H24N2O6S/c1-15(28)26-20-23(30)27-21(19(13-32-16(2)29)14-34-24(20)27)25(31)33-22(17-9-5-3-6-10-17)18-11-7-4-8-12-18/h3-12,20,22,24H,13-14H2,1-2H3,(H,26,28)/t20-,24-/m1/s1. The summed E-state index contributed by atoms with van der Waals surface area (Å²) in [5.41, 5.74) is 2.10. The van der Waals surface area contributed by atoms with Gasteiger partial charge in [-0.1, -0.05) is 60.7 Å². The third-order valence-electron chi connectivity index (χ3n) is 5.48. The molecule has 0 saturated carbocycles. The molecule has 0 unspecified atom stereocenters. The van der Waals surface area contributed by atoms with E-state index in [1.807, 2.05) is 60.7 Å². The van der Waals surface area contributed by atoms with Crippen molar-refractivity contribution in [2.75, 3.05) is 12.4 Å². The van der Waals surface area contributed by atoms with Gasteiger partial charge < -0.3 is 14.8 Å². The van der Waals surface area contributed by atoms with Crippen molar-refractivity contribution in [2.24, 2.45) is 0 Å². The number of hydrogen-bond donors (Lipinski definition) is 1. The molecule has 0 radical (unpaired) electrons. The summed E-state index contributed by atoms with van der Waals surface area (Å²) in [6.45, 7) is 2.49. The Bertz CT molecular complexity index is 1100. The number of thioether (sulfide) groups is 1. The van der Waals surface area contributed by atoms with Crippen molar-refractivity contribution in [3.63, 3.8) is 0 Å². The summed E-state index contributed by atoms with van der Waals surface area (Å²) in [7, 11) is 0. The summed E-state index contributed by atoms with van der Waals surface area (Å²) in [4.78, 5) is 50.7. The minimum Gasteiger partial charge on any atom is -0.461 e. The number of benzene rings is 2. The summed E-state index contributed by atoms with van der Waals surface area (Å²) in [5.74, 6) is -1.57. The second-order valence-corrected chi connectivity index (χ2v) is 9.03. The molecule has 8 nitrogen and oxygen atoms in total.